The molecule has 0 radical (unpaired) electrons. The van der Waals surface area contributed by atoms with Crippen molar-refractivity contribution >= 4 is 29.9 Å². The highest BCUT2D eigenvalue weighted by Crippen LogP contribution is 2.20. The first kappa shape index (κ1) is 29.0. The summed E-state index contributed by atoms with van der Waals surface area (Å²) in [5, 5.41) is 6.90. The molecule has 0 aliphatic carbocycles. The van der Waals surface area contributed by atoms with Crippen molar-refractivity contribution in [3.8, 4) is 5.75 Å². The molecule has 1 saturated heterocycles. The van der Waals surface area contributed by atoms with Gasteiger partial charge in [0, 0.05) is 51.9 Å². The third-order valence-corrected chi connectivity index (χ3v) is 6.00. The molecular weight excluding hydrogens is 513 g/mol. The molecule has 2 N–H and O–H groups in total. The number of hydrogen-bond acceptors (Lipinski definition) is 4. The number of piperazine rings is 1. The van der Waals surface area contributed by atoms with Gasteiger partial charge in [-0.25, -0.2) is 0 Å². The maximum Gasteiger partial charge on any atom is 0.191 e. The number of hydrogen-bond donors (Lipinski definition) is 2. The molecule has 0 saturated carbocycles. The van der Waals surface area contributed by atoms with Crippen LogP contribution in [0, 0.1) is 6.92 Å². The fourth-order valence-electron chi connectivity index (χ4n) is 3.87. The Morgan fingerprint density at radius 3 is 2.44 bits per heavy atom. The maximum atomic E-state index is 6.06. The van der Waals surface area contributed by atoms with Gasteiger partial charge in [0.05, 0.1) is 6.61 Å². The second-order valence-electron chi connectivity index (χ2n) is 8.50. The fraction of sp³-hybridized carbons (Fsp3) is 0.720. The van der Waals surface area contributed by atoms with Gasteiger partial charge < -0.3 is 25.2 Å². The summed E-state index contributed by atoms with van der Waals surface area (Å²) >= 11 is 0. The van der Waals surface area contributed by atoms with Crippen molar-refractivity contribution in [3.05, 3.63) is 29.3 Å². The molecule has 184 valence electrons. The van der Waals surface area contributed by atoms with Gasteiger partial charge in [-0.1, -0.05) is 38.8 Å². The van der Waals surface area contributed by atoms with E-state index in [1.165, 1.54) is 69.7 Å². The topological polar surface area (TPSA) is 52.1 Å². The van der Waals surface area contributed by atoms with E-state index in [-0.39, 0.29) is 24.0 Å². The lowest BCUT2D eigenvalue weighted by molar-refractivity contribution is 0.136. The summed E-state index contributed by atoms with van der Waals surface area (Å²) in [7, 11) is 1.83. The monoisotopic (exact) mass is 559 g/mol. The van der Waals surface area contributed by atoms with Crippen LogP contribution in [0.4, 0.5) is 0 Å². The molecule has 32 heavy (non-hydrogen) atoms. The number of nitrogens with zero attached hydrogens (tertiary/aromatic N) is 3. The second kappa shape index (κ2) is 17.4. The van der Waals surface area contributed by atoms with Crippen LogP contribution in [0.2, 0.25) is 0 Å². The second-order valence-corrected chi connectivity index (χ2v) is 8.50. The van der Waals surface area contributed by atoms with Crippen LogP contribution in [0.15, 0.2) is 23.2 Å². The first-order chi connectivity index (χ1) is 15.2. The average Bonchev–Trinajstić information content (AvgIpc) is 2.80. The number of aryl methyl sites for hydroxylation is 1. The van der Waals surface area contributed by atoms with Crippen LogP contribution in [0.1, 0.15) is 57.1 Å². The number of rotatable bonds is 13. The van der Waals surface area contributed by atoms with Crippen molar-refractivity contribution in [2.24, 2.45) is 4.99 Å². The molecule has 1 aromatic carbocycles. The summed E-state index contributed by atoms with van der Waals surface area (Å²) < 4.78 is 6.06. The van der Waals surface area contributed by atoms with Crippen LogP contribution in [-0.2, 0) is 6.54 Å². The molecule has 0 atom stereocenters. The van der Waals surface area contributed by atoms with Crippen molar-refractivity contribution in [1.29, 1.82) is 0 Å². The molecule has 6 nitrogen and oxygen atoms in total. The van der Waals surface area contributed by atoms with Gasteiger partial charge in [0.1, 0.15) is 5.75 Å². The van der Waals surface area contributed by atoms with Crippen molar-refractivity contribution < 1.29 is 4.74 Å². The van der Waals surface area contributed by atoms with Crippen LogP contribution in [0.3, 0.4) is 0 Å². The van der Waals surface area contributed by atoms with Crippen molar-refractivity contribution in [1.82, 2.24) is 20.4 Å². The molecule has 0 unspecified atom stereocenters. The number of unbranched alkanes of at least 4 members (excludes halogenated alkanes) is 3. The lowest BCUT2D eigenvalue weighted by Gasteiger charge is -2.34. The van der Waals surface area contributed by atoms with Gasteiger partial charge in [0.2, 0.25) is 0 Å². The van der Waals surface area contributed by atoms with E-state index in [0.717, 1.165) is 37.7 Å². The van der Waals surface area contributed by atoms with Gasteiger partial charge in [-0.3, -0.25) is 4.99 Å². The molecule has 1 aliphatic heterocycles. The van der Waals surface area contributed by atoms with E-state index in [4.69, 9.17) is 4.74 Å². The SMILES string of the molecule is CCCCCOc1cc(C)ccc1CNC(=NC)NCCCCN1CCN(CC)CC1.I. The number of guanidine groups is 1. The molecule has 0 aromatic heterocycles. The van der Waals surface area contributed by atoms with Crippen LogP contribution in [0.5, 0.6) is 5.75 Å². The highest BCUT2D eigenvalue weighted by molar-refractivity contribution is 14.0. The van der Waals surface area contributed by atoms with E-state index in [1.54, 1.807) is 0 Å². The Bertz CT molecular complexity index is 647. The van der Waals surface area contributed by atoms with E-state index >= 15 is 0 Å². The van der Waals surface area contributed by atoms with Crippen molar-refractivity contribution in [2.45, 2.75) is 59.4 Å². The number of benzene rings is 1. The Morgan fingerprint density at radius 1 is 1.00 bits per heavy atom. The van der Waals surface area contributed by atoms with E-state index < -0.39 is 0 Å². The Morgan fingerprint density at radius 2 is 1.75 bits per heavy atom. The average molecular weight is 560 g/mol. The molecule has 0 bridgehead atoms. The lowest BCUT2D eigenvalue weighted by Crippen LogP contribution is -2.46. The lowest BCUT2D eigenvalue weighted by atomic mass is 10.1. The van der Waals surface area contributed by atoms with Gasteiger partial charge in [-0.2, -0.15) is 0 Å². The Balaban J connectivity index is 0.00000512. The normalized spacial score (nSPS) is 15.3. The molecule has 7 heteroatoms. The predicted octanol–water partition coefficient (Wildman–Crippen LogP) is 4.26. The minimum absolute atomic E-state index is 0. The molecule has 1 heterocycles. The number of nitrogens with one attached hydrogen (secondary N) is 2. The van der Waals surface area contributed by atoms with Gasteiger partial charge in [-0.15, -0.1) is 24.0 Å². The molecule has 2 rings (SSSR count). The predicted molar refractivity (Wildman–Crippen MR) is 148 cm³/mol. The van der Waals surface area contributed by atoms with Gasteiger partial charge in [0.25, 0.3) is 0 Å². The first-order valence-corrected chi connectivity index (χ1v) is 12.3. The van der Waals surface area contributed by atoms with E-state index in [1.807, 2.05) is 7.05 Å². The third kappa shape index (κ3) is 11.2. The number of halogens is 1. The Hall–Kier alpha value is -1.06. The van der Waals surface area contributed by atoms with Crippen LogP contribution >= 0.6 is 24.0 Å². The zero-order valence-electron chi connectivity index (χ0n) is 20.8. The minimum atomic E-state index is 0. The van der Waals surface area contributed by atoms with Gasteiger partial charge in [-0.05, 0) is 50.9 Å². The molecule has 1 fully saturated rings. The highest BCUT2D eigenvalue weighted by atomic mass is 127. The minimum Gasteiger partial charge on any atom is -0.493 e. The Labute approximate surface area is 213 Å². The molecule has 0 amide bonds. The summed E-state index contributed by atoms with van der Waals surface area (Å²) in [5.74, 6) is 1.84. The maximum absolute atomic E-state index is 6.06. The quantitative estimate of drug-likeness (QED) is 0.164. The summed E-state index contributed by atoms with van der Waals surface area (Å²) in [6.07, 6.45) is 5.91. The number of likely N-dealkylation sites (N-methyl/N-ethyl adjacent to an activating group) is 1. The zero-order chi connectivity index (χ0) is 22.3. The standard InChI is InChI=1S/C25H45N5O.HI/c1-5-7-10-19-31-24-20-22(3)11-12-23(24)21-28-25(26-4)27-13-8-9-14-30-17-15-29(6-2)16-18-30;/h11-12,20H,5-10,13-19,21H2,1-4H3,(H2,26,27,28);1H. The summed E-state index contributed by atoms with van der Waals surface area (Å²) in [4.78, 5) is 9.51. The smallest absolute Gasteiger partial charge is 0.191 e. The molecule has 1 aliphatic rings. The third-order valence-electron chi connectivity index (χ3n) is 6.00. The summed E-state index contributed by atoms with van der Waals surface area (Å²) in [6.45, 7) is 16.3. The Kier molecular flexibility index (Phi) is 15.8. The van der Waals surface area contributed by atoms with Crippen LogP contribution in [0.25, 0.3) is 0 Å². The largest absolute Gasteiger partial charge is 0.493 e. The van der Waals surface area contributed by atoms with E-state index in [2.05, 4.69) is 64.4 Å². The molecule has 1 aromatic rings. The van der Waals surface area contributed by atoms with Gasteiger partial charge >= 0.3 is 0 Å². The van der Waals surface area contributed by atoms with Gasteiger partial charge in [0.15, 0.2) is 5.96 Å². The zero-order valence-corrected chi connectivity index (χ0v) is 23.1. The van der Waals surface area contributed by atoms with E-state index in [9.17, 15) is 0 Å². The number of ether oxygens (including phenoxy) is 1. The van der Waals surface area contributed by atoms with Crippen LogP contribution in [-0.4, -0.2) is 75.2 Å². The fourth-order valence-corrected chi connectivity index (χ4v) is 3.87. The summed E-state index contributed by atoms with van der Waals surface area (Å²) in [5.41, 5.74) is 2.41. The van der Waals surface area contributed by atoms with Crippen LogP contribution < -0.4 is 15.4 Å². The molecule has 0 spiro atoms. The first-order valence-electron chi connectivity index (χ1n) is 12.3. The summed E-state index contributed by atoms with van der Waals surface area (Å²) in [6, 6.07) is 6.44. The van der Waals surface area contributed by atoms with Crippen molar-refractivity contribution in [2.75, 3.05) is 59.5 Å². The van der Waals surface area contributed by atoms with E-state index in [0.29, 0.717) is 6.54 Å². The molecular formula is C25H46IN5O. The highest BCUT2D eigenvalue weighted by Gasteiger charge is 2.14. The van der Waals surface area contributed by atoms with Crippen molar-refractivity contribution in [3.63, 3.8) is 0 Å². The number of aliphatic imine (C=N–C) groups is 1.